The Balaban J connectivity index is 1.59. The third-order valence-electron chi connectivity index (χ3n) is 4.56. The molecular weight excluding hydrogens is 354 g/mol. The highest BCUT2D eigenvalue weighted by Crippen LogP contribution is 2.15. The lowest BCUT2D eigenvalue weighted by Crippen LogP contribution is -2.26. The molecule has 2 N–H and O–H groups in total. The Hall–Kier alpha value is -3.03. The van der Waals surface area contributed by atoms with Gasteiger partial charge in [-0.25, -0.2) is 18.3 Å². The summed E-state index contributed by atoms with van der Waals surface area (Å²) in [5, 5.41) is 5.35. The van der Waals surface area contributed by atoms with E-state index < -0.39 is 11.6 Å². The lowest BCUT2D eigenvalue weighted by atomic mass is 10.1. The average molecular weight is 374 g/mol. The van der Waals surface area contributed by atoms with Gasteiger partial charge in [-0.1, -0.05) is 6.07 Å². The van der Waals surface area contributed by atoms with Crippen molar-refractivity contribution < 1.29 is 13.6 Å². The number of halogens is 2. The Morgan fingerprint density at radius 3 is 2.59 bits per heavy atom. The highest BCUT2D eigenvalue weighted by atomic mass is 19.1. The van der Waals surface area contributed by atoms with Crippen molar-refractivity contribution in [2.45, 2.75) is 33.1 Å². The number of benzene rings is 1. The monoisotopic (exact) mass is 374 g/mol. The molecule has 0 aliphatic heterocycles. The molecule has 142 valence electrons. The fourth-order valence-electron chi connectivity index (χ4n) is 3.14. The third-order valence-corrected chi connectivity index (χ3v) is 4.56. The number of aromatic amines is 1. The molecular formula is C19H20F2N4O2. The Bertz CT molecular complexity index is 1040. The fraction of sp³-hybridized carbons (Fsp3) is 0.316. The second kappa shape index (κ2) is 7.69. The van der Waals surface area contributed by atoms with Crippen molar-refractivity contribution in [1.29, 1.82) is 0 Å². The van der Waals surface area contributed by atoms with Crippen molar-refractivity contribution in [2.24, 2.45) is 0 Å². The summed E-state index contributed by atoms with van der Waals surface area (Å²) in [6.45, 7) is 3.83. The number of hydrogen-bond donors (Lipinski definition) is 2. The zero-order valence-corrected chi connectivity index (χ0v) is 15.1. The van der Waals surface area contributed by atoms with E-state index in [2.05, 4.69) is 15.4 Å². The molecule has 2 aromatic heterocycles. The van der Waals surface area contributed by atoms with E-state index in [9.17, 15) is 18.4 Å². The molecule has 0 atom stereocenters. The molecule has 0 aliphatic rings. The molecule has 1 aromatic carbocycles. The lowest BCUT2D eigenvalue weighted by molar-refractivity contribution is -0.121. The summed E-state index contributed by atoms with van der Waals surface area (Å²) in [5.74, 6) is -1.45. The fourth-order valence-corrected chi connectivity index (χ4v) is 3.14. The zero-order valence-electron chi connectivity index (χ0n) is 15.1. The molecule has 3 rings (SSSR count). The molecule has 27 heavy (non-hydrogen) atoms. The SMILES string of the molecule is Cc1nc2cc(=O)[nH]n2c(C)c1CCC(=O)NCCc1c(F)cccc1F. The van der Waals surface area contributed by atoms with Crippen molar-refractivity contribution in [3.05, 3.63) is 68.8 Å². The molecule has 0 spiro atoms. The van der Waals surface area contributed by atoms with Crippen LogP contribution >= 0.6 is 0 Å². The van der Waals surface area contributed by atoms with Crippen molar-refractivity contribution in [3.63, 3.8) is 0 Å². The van der Waals surface area contributed by atoms with Crippen molar-refractivity contribution in [2.75, 3.05) is 6.54 Å². The van der Waals surface area contributed by atoms with Crippen LogP contribution in [-0.2, 0) is 17.6 Å². The van der Waals surface area contributed by atoms with Crippen molar-refractivity contribution in [3.8, 4) is 0 Å². The van der Waals surface area contributed by atoms with Gasteiger partial charge in [0.15, 0.2) is 5.65 Å². The predicted octanol–water partition coefficient (Wildman–Crippen LogP) is 2.21. The summed E-state index contributed by atoms with van der Waals surface area (Å²) in [5.41, 5.74) is 2.73. The van der Waals surface area contributed by atoms with Gasteiger partial charge in [-0.3, -0.25) is 14.7 Å². The van der Waals surface area contributed by atoms with Crippen LogP contribution < -0.4 is 10.9 Å². The van der Waals surface area contributed by atoms with Gasteiger partial charge >= 0.3 is 0 Å². The highest BCUT2D eigenvalue weighted by Gasteiger charge is 2.13. The zero-order chi connectivity index (χ0) is 19.6. The first-order valence-corrected chi connectivity index (χ1v) is 8.64. The number of aromatic nitrogens is 3. The lowest BCUT2D eigenvalue weighted by Gasteiger charge is -2.11. The quantitative estimate of drug-likeness (QED) is 0.694. The largest absolute Gasteiger partial charge is 0.356 e. The Morgan fingerprint density at radius 2 is 1.89 bits per heavy atom. The van der Waals surface area contributed by atoms with E-state index in [0.29, 0.717) is 12.1 Å². The number of carbonyl (C=O) groups is 1. The van der Waals surface area contributed by atoms with Gasteiger partial charge in [0.05, 0.1) is 0 Å². The van der Waals surface area contributed by atoms with Crippen LogP contribution in [0.5, 0.6) is 0 Å². The maximum absolute atomic E-state index is 13.6. The molecule has 0 bridgehead atoms. The number of nitrogens with zero attached hydrogens (tertiary/aromatic N) is 2. The summed E-state index contributed by atoms with van der Waals surface area (Å²) < 4.78 is 28.8. The molecule has 2 heterocycles. The standard InChI is InChI=1S/C19H20F2N4O2/c1-11-13(12(2)25-17(23-11)10-19(27)24-25)6-7-18(26)22-9-8-14-15(20)4-3-5-16(14)21/h3-5,10H,6-9H2,1-2H3,(H,22,26)(H,24,27). The molecule has 0 saturated heterocycles. The second-order valence-electron chi connectivity index (χ2n) is 6.38. The van der Waals surface area contributed by atoms with Crippen LogP contribution in [0.4, 0.5) is 8.78 Å². The maximum atomic E-state index is 13.6. The highest BCUT2D eigenvalue weighted by molar-refractivity contribution is 5.76. The van der Waals surface area contributed by atoms with Gasteiger partial charge in [0.2, 0.25) is 5.91 Å². The number of hydrogen-bond acceptors (Lipinski definition) is 3. The minimum absolute atomic E-state index is 0.0318. The smallest absolute Gasteiger partial charge is 0.266 e. The van der Waals surface area contributed by atoms with Gasteiger partial charge in [-0.15, -0.1) is 0 Å². The van der Waals surface area contributed by atoms with E-state index in [1.165, 1.54) is 24.3 Å². The maximum Gasteiger partial charge on any atom is 0.266 e. The van der Waals surface area contributed by atoms with Crippen molar-refractivity contribution >= 4 is 11.6 Å². The number of rotatable bonds is 6. The first-order valence-electron chi connectivity index (χ1n) is 8.64. The number of aryl methyl sites for hydroxylation is 2. The van der Waals surface area contributed by atoms with Crippen LogP contribution in [0.3, 0.4) is 0 Å². The molecule has 8 heteroatoms. The predicted molar refractivity (Wildman–Crippen MR) is 96.7 cm³/mol. The Morgan fingerprint density at radius 1 is 1.19 bits per heavy atom. The Labute approximate surface area is 154 Å². The number of fused-ring (bicyclic) bond motifs is 1. The molecule has 0 unspecified atom stereocenters. The van der Waals surface area contributed by atoms with Gasteiger partial charge in [0.25, 0.3) is 5.56 Å². The van der Waals surface area contributed by atoms with E-state index in [0.717, 1.165) is 17.0 Å². The summed E-state index contributed by atoms with van der Waals surface area (Å²) in [4.78, 5) is 27.9. The molecule has 0 aliphatic carbocycles. The number of amides is 1. The van der Waals surface area contributed by atoms with E-state index in [1.807, 2.05) is 13.8 Å². The van der Waals surface area contributed by atoms with Crippen LogP contribution in [-0.4, -0.2) is 27.0 Å². The topological polar surface area (TPSA) is 79.3 Å². The van der Waals surface area contributed by atoms with E-state index in [4.69, 9.17) is 0 Å². The van der Waals surface area contributed by atoms with Gasteiger partial charge in [0, 0.05) is 36.0 Å². The van der Waals surface area contributed by atoms with E-state index >= 15 is 0 Å². The molecule has 3 aromatic rings. The number of H-pyrrole nitrogens is 1. The van der Waals surface area contributed by atoms with Crippen LogP contribution in [0.1, 0.15) is 28.9 Å². The van der Waals surface area contributed by atoms with Crippen LogP contribution in [0.2, 0.25) is 0 Å². The molecule has 0 fully saturated rings. The summed E-state index contributed by atoms with van der Waals surface area (Å²) >= 11 is 0. The molecule has 0 radical (unpaired) electrons. The van der Waals surface area contributed by atoms with Gasteiger partial charge in [0.1, 0.15) is 11.6 Å². The molecule has 6 nitrogen and oxygen atoms in total. The van der Waals surface area contributed by atoms with Gasteiger partial charge in [-0.05, 0) is 44.4 Å². The summed E-state index contributed by atoms with van der Waals surface area (Å²) in [6.07, 6.45) is 0.737. The van der Waals surface area contributed by atoms with Crippen LogP contribution in [0.25, 0.3) is 5.65 Å². The van der Waals surface area contributed by atoms with Crippen LogP contribution in [0, 0.1) is 25.5 Å². The van der Waals surface area contributed by atoms with Gasteiger partial charge < -0.3 is 5.32 Å². The van der Waals surface area contributed by atoms with E-state index in [1.54, 1.807) is 4.52 Å². The van der Waals surface area contributed by atoms with E-state index in [-0.39, 0.29) is 36.4 Å². The van der Waals surface area contributed by atoms with Gasteiger partial charge in [-0.2, -0.15) is 0 Å². The minimum atomic E-state index is -0.615. The minimum Gasteiger partial charge on any atom is -0.356 e. The summed E-state index contributed by atoms with van der Waals surface area (Å²) in [6, 6.07) is 5.11. The van der Waals surface area contributed by atoms with Crippen molar-refractivity contribution in [1.82, 2.24) is 19.9 Å². The normalized spacial score (nSPS) is 11.1. The second-order valence-corrected chi connectivity index (χ2v) is 6.38. The number of nitrogens with one attached hydrogen (secondary N) is 2. The number of carbonyl (C=O) groups excluding carboxylic acids is 1. The average Bonchev–Trinajstić information content (AvgIpc) is 2.97. The third kappa shape index (κ3) is 4.05. The first-order chi connectivity index (χ1) is 12.9. The summed E-state index contributed by atoms with van der Waals surface area (Å²) in [7, 11) is 0. The molecule has 0 saturated carbocycles. The first kappa shape index (κ1) is 18.8. The molecule has 1 amide bonds. The Kier molecular flexibility index (Phi) is 5.34. The van der Waals surface area contributed by atoms with Crippen LogP contribution in [0.15, 0.2) is 29.1 Å².